The Bertz CT molecular complexity index is 1160. The third-order valence-electron chi connectivity index (χ3n) is 4.59. The number of ketones is 1. The average molecular weight is 471 g/mol. The number of Topliss-reactive ketones (excluding diaryl/α,β-unsaturated/α-hetero) is 1. The largest absolute Gasteiger partial charge is 0.447 e. The molecule has 0 atom stereocenters. The van der Waals surface area contributed by atoms with Crippen LogP contribution in [0.4, 0.5) is 15.0 Å². The molecule has 0 N–H and O–H groups in total. The predicted molar refractivity (Wildman–Crippen MR) is 120 cm³/mol. The molecule has 0 fully saturated rings. The summed E-state index contributed by atoms with van der Waals surface area (Å²) in [5.41, 5.74) is -0.667. The van der Waals surface area contributed by atoms with Crippen LogP contribution in [0.25, 0.3) is 11.3 Å². The fourth-order valence-electron chi connectivity index (χ4n) is 3.07. The van der Waals surface area contributed by atoms with E-state index in [1.54, 1.807) is 20.8 Å². The Morgan fingerprint density at radius 3 is 2.44 bits per heavy atom. The molecule has 2 heterocycles. The third kappa shape index (κ3) is 6.37. The normalized spacial score (nSPS) is 11.3. The molecule has 3 rings (SSSR count). The highest BCUT2D eigenvalue weighted by Gasteiger charge is 2.35. The number of oxazole rings is 2. The number of hydrogen-bond acceptors (Lipinski definition) is 8. The highest BCUT2D eigenvalue weighted by molar-refractivity contribution is 6.19. The Kier molecular flexibility index (Phi) is 7.60. The van der Waals surface area contributed by atoms with Gasteiger partial charge in [-0.05, 0) is 64.8 Å². The van der Waals surface area contributed by atoms with E-state index in [1.165, 1.54) is 37.5 Å². The smallest absolute Gasteiger partial charge is 0.423 e. The van der Waals surface area contributed by atoms with Crippen LogP contribution in [0.15, 0.2) is 45.8 Å². The van der Waals surface area contributed by atoms with Crippen LogP contribution in [0.5, 0.6) is 0 Å². The van der Waals surface area contributed by atoms with E-state index >= 15 is 0 Å². The first-order chi connectivity index (χ1) is 16.0. The molecule has 1 aromatic carbocycles. The van der Waals surface area contributed by atoms with Crippen molar-refractivity contribution in [1.29, 1.82) is 0 Å². The lowest BCUT2D eigenvalue weighted by Crippen LogP contribution is -2.41. The Hall–Kier alpha value is -3.82. The maximum atomic E-state index is 13.4. The summed E-state index contributed by atoms with van der Waals surface area (Å²) in [6.45, 7) is 6.52. The van der Waals surface area contributed by atoms with Gasteiger partial charge in [-0.2, -0.15) is 9.88 Å². The van der Waals surface area contributed by atoms with Crippen molar-refractivity contribution in [3.8, 4) is 11.3 Å². The number of unbranched alkanes of at least 4 members (excludes halogenated alkanes) is 1. The molecular weight excluding hydrogens is 445 g/mol. The zero-order valence-corrected chi connectivity index (χ0v) is 19.5. The number of aryl methyl sites for hydroxylation is 1. The quantitative estimate of drug-likeness (QED) is 0.404. The molecule has 0 unspecified atom stereocenters. The Morgan fingerprint density at radius 2 is 1.79 bits per heavy atom. The highest BCUT2D eigenvalue weighted by Crippen LogP contribution is 2.27. The lowest BCUT2D eigenvalue weighted by Gasteiger charge is -2.24. The van der Waals surface area contributed by atoms with E-state index in [1.807, 2.05) is 0 Å². The number of imide groups is 1. The van der Waals surface area contributed by atoms with Crippen LogP contribution in [0, 0.1) is 5.82 Å². The fraction of sp³-hybridized carbons (Fsp3) is 0.375. The number of nitrogens with zero attached hydrogens (tertiary/aromatic N) is 3. The van der Waals surface area contributed by atoms with Crippen LogP contribution in [-0.4, -0.2) is 33.4 Å². The summed E-state index contributed by atoms with van der Waals surface area (Å²) < 4.78 is 29.6. The van der Waals surface area contributed by atoms with Crippen LogP contribution < -0.4 is 4.90 Å². The zero-order valence-electron chi connectivity index (χ0n) is 19.5. The number of aromatic nitrogens is 2. The van der Waals surface area contributed by atoms with Crippen LogP contribution >= 0.6 is 0 Å². The van der Waals surface area contributed by atoms with Gasteiger partial charge in [-0.15, -0.1) is 0 Å². The van der Waals surface area contributed by atoms with Gasteiger partial charge in [0.05, 0.1) is 0 Å². The van der Waals surface area contributed by atoms with Gasteiger partial charge >= 0.3 is 6.09 Å². The third-order valence-corrected chi connectivity index (χ3v) is 4.59. The van der Waals surface area contributed by atoms with Gasteiger partial charge in [0.15, 0.2) is 29.6 Å². The lowest BCUT2D eigenvalue weighted by molar-refractivity contribution is -0.117. The van der Waals surface area contributed by atoms with E-state index in [2.05, 4.69) is 9.97 Å². The molecule has 0 saturated carbocycles. The fourth-order valence-corrected chi connectivity index (χ4v) is 3.07. The predicted octanol–water partition coefficient (Wildman–Crippen LogP) is 5.35. The Labute approximate surface area is 195 Å². The Morgan fingerprint density at radius 1 is 1.09 bits per heavy atom. The van der Waals surface area contributed by atoms with Crippen LogP contribution in [0.1, 0.15) is 63.3 Å². The van der Waals surface area contributed by atoms with Crippen molar-refractivity contribution >= 4 is 23.6 Å². The molecule has 34 heavy (non-hydrogen) atoms. The highest BCUT2D eigenvalue weighted by atomic mass is 19.1. The number of halogens is 1. The van der Waals surface area contributed by atoms with E-state index < -0.39 is 23.4 Å². The summed E-state index contributed by atoms with van der Waals surface area (Å²) in [6, 6.07) is 5.29. The second-order valence-corrected chi connectivity index (χ2v) is 8.67. The minimum absolute atomic E-state index is 0.0616. The van der Waals surface area contributed by atoms with Crippen molar-refractivity contribution in [2.75, 3.05) is 4.90 Å². The number of hydrogen-bond donors (Lipinski definition) is 0. The van der Waals surface area contributed by atoms with Crippen molar-refractivity contribution < 1.29 is 32.3 Å². The average Bonchev–Trinajstić information content (AvgIpc) is 3.40. The van der Waals surface area contributed by atoms with Gasteiger partial charge in [-0.3, -0.25) is 4.79 Å². The molecule has 0 aliphatic carbocycles. The van der Waals surface area contributed by atoms with Gasteiger partial charge in [0.2, 0.25) is 0 Å². The molecule has 2 aromatic heterocycles. The van der Waals surface area contributed by atoms with Crippen molar-refractivity contribution in [2.24, 2.45) is 0 Å². The molecule has 0 saturated heterocycles. The van der Waals surface area contributed by atoms with Gasteiger partial charge < -0.3 is 18.4 Å². The van der Waals surface area contributed by atoms with Gasteiger partial charge in [-0.1, -0.05) is 0 Å². The van der Waals surface area contributed by atoms with Crippen molar-refractivity contribution in [3.63, 3.8) is 0 Å². The van der Waals surface area contributed by atoms with Gasteiger partial charge in [-0.25, -0.2) is 14.2 Å². The van der Waals surface area contributed by atoms with E-state index in [9.17, 15) is 18.8 Å². The minimum Gasteiger partial charge on any atom is -0.447 e. The van der Waals surface area contributed by atoms with E-state index in [4.69, 9.17) is 13.6 Å². The summed E-state index contributed by atoms with van der Waals surface area (Å²) in [4.78, 5) is 46.5. The number of carbonyl (C=O) groups is 3. The molecule has 0 radical (unpaired) electrons. The molecule has 0 aliphatic rings. The van der Waals surface area contributed by atoms with E-state index in [0.717, 1.165) is 11.3 Å². The number of amides is 2. The maximum Gasteiger partial charge on any atom is 0.423 e. The Balaban J connectivity index is 1.90. The molecule has 3 aromatic rings. The summed E-state index contributed by atoms with van der Waals surface area (Å²) in [5, 5.41) is 0. The number of anilines is 1. The molecule has 180 valence electrons. The number of carbonyl (C=O) groups excluding carboxylic acids is 3. The molecular formula is C24H26FN3O6. The van der Waals surface area contributed by atoms with Crippen molar-refractivity contribution in [3.05, 3.63) is 54.3 Å². The lowest BCUT2D eigenvalue weighted by atomic mass is 10.1. The zero-order chi connectivity index (χ0) is 24.9. The van der Waals surface area contributed by atoms with Crippen LogP contribution in [0.2, 0.25) is 0 Å². The van der Waals surface area contributed by atoms with Crippen LogP contribution in [0.3, 0.4) is 0 Å². The molecule has 0 aliphatic heterocycles. The minimum atomic E-state index is -0.970. The van der Waals surface area contributed by atoms with Crippen molar-refractivity contribution in [1.82, 2.24) is 9.97 Å². The number of benzene rings is 1. The van der Waals surface area contributed by atoms with Crippen LogP contribution in [-0.2, 0) is 16.0 Å². The SMILES string of the molecule is CC(=O)CCCCc1nc(N(C(=O)OC(C)(C)C)C(=O)c2ncoc2-c2ccc(F)cc2)co1. The number of rotatable bonds is 8. The molecule has 9 nitrogen and oxygen atoms in total. The first-order valence-electron chi connectivity index (χ1n) is 10.8. The molecule has 0 spiro atoms. The second kappa shape index (κ2) is 10.4. The standard InChI is InChI=1S/C24H26FN3O6/c1-15(29)7-5-6-8-19-27-18(13-32-19)28(23(31)34-24(2,3)4)22(30)20-21(33-14-26-20)16-9-11-17(25)12-10-16/h9-14H,5-8H2,1-4H3. The van der Waals surface area contributed by atoms with Crippen molar-refractivity contribution in [2.45, 2.75) is 59.0 Å². The second-order valence-electron chi connectivity index (χ2n) is 8.67. The van der Waals surface area contributed by atoms with Gasteiger partial charge in [0.1, 0.15) is 23.5 Å². The topological polar surface area (TPSA) is 116 Å². The first-order valence-corrected chi connectivity index (χ1v) is 10.8. The molecule has 2 amide bonds. The van der Waals surface area contributed by atoms with E-state index in [-0.39, 0.29) is 23.1 Å². The number of ether oxygens (including phenoxy) is 1. The molecule has 10 heteroatoms. The summed E-state index contributed by atoms with van der Waals surface area (Å²) >= 11 is 0. The maximum absolute atomic E-state index is 13.4. The first kappa shape index (κ1) is 24.8. The summed E-state index contributed by atoms with van der Waals surface area (Å²) in [5.74, 6) is -0.915. The summed E-state index contributed by atoms with van der Waals surface area (Å²) in [6.07, 6.45) is 3.46. The van der Waals surface area contributed by atoms with Gasteiger partial charge in [0.25, 0.3) is 5.91 Å². The summed E-state index contributed by atoms with van der Waals surface area (Å²) in [7, 11) is 0. The molecule has 0 bridgehead atoms. The van der Waals surface area contributed by atoms with Gasteiger partial charge in [0, 0.05) is 18.4 Å². The monoisotopic (exact) mass is 471 g/mol. The van der Waals surface area contributed by atoms with E-state index in [0.29, 0.717) is 37.1 Å².